The Kier molecular flexibility index (Phi) is 5.65. The van der Waals surface area contributed by atoms with Crippen molar-refractivity contribution >= 4 is 34.5 Å². The number of hydrogen-bond donors (Lipinski definition) is 3. The van der Waals surface area contributed by atoms with E-state index < -0.39 is 17.9 Å². The van der Waals surface area contributed by atoms with E-state index in [9.17, 15) is 14.7 Å². The van der Waals surface area contributed by atoms with E-state index in [2.05, 4.69) is 10.6 Å². The quantitative estimate of drug-likeness (QED) is 0.714. The molecule has 0 aliphatic heterocycles. The molecule has 0 bridgehead atoms. The highest BCUT2D eigenvalue weighted by atomic mass is 32.1. The van der Waals surface area contributed by atoms with Crippen molar-refractivity contribution in [2.75, 3.05) is 0 Å². The van der Waals surface area contributed by atoms with E-state index in [4.69, 9.17) is 0 Å². The van der Waals surface area contributed by atoms with Gasteiger partial charge < -0.3 is 15.7 Å². The van der Waals surface area contributed by atoms with Crippen molar-refractivity contribution in [2.45, 2.75) is 44.4 Å². The number of carbonyl (C=O) groups excluding carboxylic acids is 2. The van der Waals surface area contributed by atoms with Crippen LogP contribution in [0.15, 0.2) is 29.6 Å². The molecule has 7 heteroatoms. The molecule has 1 atom stereocenters. The Morgan fingerprint density at radius 3 is 2.67 bits per heavy atom. The molecule has 1 fully saturated rings. The summed E-state index contributed by atoms with van der Waals surface area (Å²) in [5, 5.41) is 17.6. The van der Waals surface area contributed by atoms with E-state index in [-0.39, 0.29) is 6.04 Å². The number of hydrogen-bond acceptors (Lipinski definition) is 5. The standard InChI is InChI=1S/C17H20N2O3S2/c20-15(13-6-3-9-23-13)14-8-7-12(24-14)10-18-16(21)17(22)19-11-4-1-2-5-11/h3,6-9,11,15,20H,1-2,4-5,10H2,(H,18,21)(H,19,22). The summed E-state index contributed by atoms with van der Waals surface area (Å²) < 4.78 is 0. The molecule has 3 N–H and O–H groups in total. The number of carbonyl (C=O) groups is 2. The van der Waals surface area contributed by atoms with Gasteiger partial charge in [0.05, 0.1) is 6.54 Å². The smallest absolute Gasteiger partial charge is 0.309 e. The van der Waals surface area contributed by atoms with Crippen LogP contribution in [0, 0.1) is 0 Å². The van der Waals surface area contributed by atoms with Crippen LogP contribution < -0.4 is 10.6 Å². The maximum atomic E-state index is 11.9. The van der Waals surface area contributed by atoms with Gasteiger partial charge >= 0.3 is 11.8 Å². The first kappa shape index (κ1) is 17.1. The van der Waals surface area contributed by atoms with Crippen molar-refractivity contribution in [3.8, 4) is 0 Å². The average molecular weight is 364 g/mol. The first-order valence-corrected chi connectivity index (χ1v) is 9.72. The molecule has 1 aliphatic rings. The zero-order valence-electron chi connectivity index (χ0n) is 13.2. The van der Waals surface area contributed by atoms with Crippen LogP contribution in [0.2, 0.25) is 0 Å². The zero-order valence-corrected chi connectivity index (χ0v) is 14.8. The number of aliphatic hydroxyl groups excluding tert-OH is 1. The Labute approximate surface area is 148 Å². The van der Waals surface area contributed by atoms with Crippen molar-refractivity contribution in [1.29, 1.82) is 0 Å². The molecular formula is C17H20N2O3S2. The zero-order chi connectivity index (χ0) is 16.9. The minimum absolute atomic E-state index is 0.137. The number of aliphatic hydroxyl groups is 1. The van der Waals surface area contributed by atoms with Gasteiger partial charge in [-0.15, -0.1) is 22.7 Å². The first-order valence-electron chi connectivity index (χ1n) is 8.02. The molecule has 2 heterocycles. The molecule has 128 valence electrons. The highest BCUT2D eigenvalue weighted by molar-refractivity contribution is 7.12. The van der Waals surface area contributed by atoms with Crippen LogP contribution in [-0.2, 0) is 16.1 Å². The summed E-state index contributed by atoms with van der Waals surface area (Å²) in [6.07, 6.45) is 3.49. The van der Waals surface area contributed by atoms with Gasteiger partial charge in [0.25, 0.3) is 0 Å². The third kappa shape index (κ3) is 4.23. The first-order chi connectivity index (χ1) is 11.6. The summed E-state index contributed by atoms with van der Waals surface area (Å²) in [4.78, 5) is 26.3. The van der Waals surface area contributed by atoms with Crippen LogP contribution >= 0.6 is 22.7 Å². The fourth-order valence-corrected chi connectivity index (χ4v) is 4.55. The summed E-state index contributed by atoms with van der Waals surface area (Å²) in [5.74, 6) is -1.16. The van der Waals surface area contributed by atoms with Gasteiger partial charge in [-0.25, -0.2) is 0 Å². The van der Waals surface area contributed by atoms with Gasteiger partial charge in [0.1, 0.15) is 6.10 Å². The third-order valence-corrected chi connectivity index (χ3v) is 6.15. The number of thiophene rings is 2. The fraction of sp³-hybridized carbons (Fsp3) is 0.412. The van der Waals surface area contributed by atoms with E-state index in [1.807, 2.05) is 29.6 Å². The van der Waals surface area contributed by atoms with E-state index >= 15 is 0 Å². The van der Waals surface area contributed by atoms with Crippen molar-refractivity contribution in [2.24, 2.45) is 0 Å². The Bertz CT molecular complexity index is 691. The number of amides is 2. The second-order valence-electron chi connectivity index (χ2n) is 5.86. The molecule has 1 aliphatic carbocycles. The average Bonchev–Trinajstić information content (AvgIpc) is 3.33. The van der Waals surface area contributed by atoms with Gasteiger partial charge in [-0.05, 0) is 36.4 Å². The minimum Gasteiger partial charge on any atom is -0.382 e. The van der Waals surface area contributed by atoms with E-state index in [0.717, 1.165) is 40.3 Å². The van der Waals surface area contributed by atoms with Crippen LogP contribution in [0.3, 0.4) is 0 Å². The second-order valence-corrected chi connectivity index (χ2v) is 8.04. The summed E-state index contributed by atoms with van der Waals surface area (Å²) >= 11 is 2.94. The van der Waals surface area contributed by atoms with Gasteiger partial charge in [0, 0.05) is 20.7 Å². The predicted molar refractivity (Wildman–Crippen MR) is 94.9 cm³/mol. The largest absolute Gasteiger partial charge is 0.382 e. The molecule has 3 rings (SSSR count). The van der Waals surface area contributed by atoms with Crippen molar-refractivity contribution in [3.63, 3.8) is 0 Å². The molecule has 0 aromatic carbocycles. The monoisotopic (exact) mass is 364 g/mol. The molecule has 1 saturated carbocycles. The van der Waals surface area contributed by atoms with Crippen LogP contribution in [0.5, 0.6) is 0 Å². The van der Waals surface area contributed by atoms with Crippen LogP contribution in [0.25, 0.3) is 0 Å². The molecule has 0 saturated heterocycles. The SMILES string of the molecule is O=C(NCc1ccc(C(O)c2cccs2)s1)C(=O)NC1CCCC1. The lowest BCUT2D eigenvalue weighted by molar-refractivity contribution is -0.139. The second kappa shape index (κ2) is 7.92. The normalized spacial score (nSPS) is 16.0. The van der Waals surface area contributed by atoms with E-state index in [1.165, 1.54) is 22.7 Å². The van der Waals surface area contributed by atoms with E-state index in [1.54, 1.807) is 0 Å². The topological polar surface area (TPSA) is 78.4 Å². The summed E-state index contributed by atoms with van der Waals surface area (Å²) in [6, 6.07) is 7.66. The lowest BCUT2D eigenvalue weighted by atomic mass is 10.2. The Hall–Kier alpha value is -1.70. The van der Waals surface area contributed by atoms with Gasteiger partial charge in [-0.3, -0.25) is 9.59 Å². The van der Waals surface area contributed by atoms with Gasteiger partial charge in [0.15, 0.2) is 0 Å². The number of nitrogens with one attached hydrogen (secondary N) is 2. The molecule has 2 aromatic heterocycles. The summed E-state index contributed by atoms with van der Waals surface area (Å²) in [5.41, 5.74) is 0. The Balaban J connectivity index is 1.49. The Morgan fingerprint density at radius 2 is 1.96 bits per heavy atom. The predicted octanol–water partition coefficient (Wildman–Crippen LogP) is 2.57. The van der Waals surface area contributed by atoms with Crippen LogP contribution in [0.1, 0.15) is 46.4 Å². The molecule has 0 spiro atoms. The summed E-state index contributed by atoms with van der Waals surface area (Å²) in [6.45, 7) is 0.290. The maximum Gasteiger partial charge on any atom is 0.309 e. The third-order valence-electron chi connectivity index (χ3n) is 4.08. The molecule has 1 unspecified atom stereocenters. The molecule has 0 radical (unpaired) electrons. The highest BCUT2D eigenvalue weighted by Crippen LogP contribution is 2.30. The maximum absolute atomic E-state index is 11.9. The lowest BCUT2D eigenvalue weighted by Crippen LogP contribution is -2.43. The number of rotatable bonds is 5. The van der Waals surface area contributed by atoms with Gasteiger partial charge in [0.2, 0.25) is 0 Å². The van der Waals surface area contributed by atoms with E-state index in [0.29, 0.717) is 6.54 Å². The van der Waals surface area contributed by atoms with Crippen molar-refractivity contribution in [1.82, 2.24) is 10.6 Å². The van der Waals surface area contributed by atoms with Crippen LogP contribution in [-0.4, -0.2) is 23.0 Å². The molecule has 2 amide bonds. The molecule has 5 nitrogen and oxygen atoms in total. The van der Waals surface area contributed by atoms with Gasteiger partial charge in [-0.1, -0.05) is 18.9 Å². The lowest BCUT2D eigenvalue weighted by Gasteiger charge is -2.11. The van der Waals surface area contributed by atoms with Crippen molar-refractivity contribution in [3.05, 3.63) is 44.3 Å². The van der Waals surface area contributed by atoms with Gasteiger partial charge in [-0.2, -0.15) is 0 Å². The Morgan fingerprint density at radius 1 is 1.17 bits per heavy atom. The van der Waals surface area contributed by atoms with Crippen molar-refractivity contribution < 1.29 is 14.7 Å². The molecular weight excluding hydrogens is 344 g/mol. The highest BCUT2D eigenvalue weighted by Gasteiger charge is 2.21. The van der Waals surface area contributed by atoms with Crippen LogP contribution in [0.4, 0.5) is 0 Å². The summed E-state index contributed by atoms with van der Waals surface area (Å²) in [7, 11) is 0. The minimum atomic E-state index is -0.634. The molecule has 2 aromatic rings. The molecule has 24 heavy (non-hydrogen) atoms. The fourth-order valence-electron chi connectivity index (χ4n) is 2.79.